The van der Waals surface area contributed by atoms with E-state index in [0.29, 0.717) is 0 Å². The van der Waals surface area contributed by atoms with Crippen LogP contribution < -0.4 is 0 Å². The molecule has 114 valence electrons. The molecule has 2 nitrogen and oxygen atoms in total. The molecule has 0 N–H and O–H groups in total. The van der Waals surface area contributed by atoms with Gasteiger partial charge in [-0.15, -0.1) is 0 Å². The van der Waals surface area contributed by atoms with Crippen LogP contribution in [0.2, 0.25) is 0 Å². The van der Waals surface area contributed by atoms with Crippen molar-refractivity contribution in [1.82, 2.24) is 0 Å². The summed E-state index contributed by atoms with van der Waals surface area (Å²) >= 11 is 0. The number of hydrogen-bond acceptors (Lipinski definition) is 2. The molecule has 0 aliphatic heterocycles. The topological polar surface area (TPSA) is 34.1 Å². The number of aryl methyl sites for hydroxylation is 1. The van der Waals surface area contributed by atoms with Crippen LogP contribution in [0.25, 0.3) is 0 Å². The fourth-order valence-corrected chi connectivity index (χ4v) is 3.71. The maximum atomic E-state index is 11.4. The number of hydrogen-bond donors (Lipinski definition) is 0. The molecule has 0 fully saturated rings. The molecule has 1 rings (SSSR count). The lowest BCUT2D eigenvalue weighted by molar-refractivity contribution is 0.588. The largest absolute Gasteiger partial charge is 0.261 e. The van der Waals surface area contributed by atoms with E-state index >= 15 is 0 Å². The SMILES string of the molecule is CCCCCCCCCc1cccc(S(=O)(=O)Cl)c1C. The van der Waals surface area contributed by atoms with Gasteiger partial charge in [-0.25, -0.2) is 8.42 Å². The van der Waals surface area contributed by atoms with Gasteiger partial charge in [0.15, 0.2) is 0 Å². The summed E-state index contributed by atoms with van der Waals surface area (Å²) in [5, 5.41) is 0. The van der Waals surface area contributed by atoms with Crippen molar-refractivity contribution in [2.24, 2.45) is 0 Å². The molecular weight excluding hydrogens is 292 g/mol. The Kier molecular flexibility index (Phi) is 7.60. The van der Waals surface area contributed by atoms with Crippen molar-refractivity contribution in [2.45, 2.75) is 70.1 Å². The van der Waals surface area contributed by atoms with Gasteiger partial charge in [-0.3, -0.25) is 0 Å². The monoisotopic (exact) mass is 316 g/mol. The standard InChI is InChI=1S/C16H25ClO2S/c1-3-4-5-6-7-8-9-11-15-12-10-13-16(14(15)2)20(17,18)19/h10,12-13H,3-9,11H2,1-2H3. The summed E-state index contributed by atoms with van der Waals surface area (Å²) in [6, 6.07) is 5.35. The lowest BCUT2D eigenvalue weighted by Crippen LogP contribution is -1.99. The highest BCUT2D eigenvalue weighted by molar-refractivity contribution is 8.13. The van der Waals surface area contributed by atoms with Crippen molar-refractivity contribution >= 4 is 19.7 Å². The molecule has 0 spiro atoms. The Morgan fingerprint density at radius 2 is 1.60 bits per heavy atom. The van der Waals surface area contributed by atoms with Crippen molar-refractivity contribution < 1.29 is 8.42 Å². The van der Waals surface area contributed by atoms with Crippen molar-refractivity contribution in [2.75, 3.05) is 0 Å². The van der Waals surface area contributed by atoms with Crippen LogP contribution in [0.3, 0.4) is 0 Å². The molecule has 1 aromatic rings. The van der Waals surface area contributed by atoms with Crippen molar-refractivity contribution in [1.29, 1.82) is 0 Å². The molecule has 20 heavy (non-hydrogen) atoms. The smallest absolute Gasteiger partial charge is 0.207 e. The molecule has 0 aromatic heterocycles. The average molecular weight is 317 g/mol. The summed E-state index contributed by atoms with van der Waals surface area (Å²) in [6.45, 7) is 4.06. The van der Waals surface area contributed by atoms with Crippen LogP contribution in [0.15, 0.2) is 23.1 Å². The molecule has 0 saturated carbocycles. The predicted octanol–water partition coefficient (Wildman–Crippen LogP) is 5.22. The fourth-order valence-electron chi connectivity index (χ4n) is 2.47. The molecule has 4 heteroatoms. The highest BCUT2D eigenvalue weighted by Crippen LogP contribution is 2.23. The first-order chi connectivity index (χ1) is 9.46. The maximum Gasteiger partial charge on any atom is 0.261 e. The van der Waals surface area contributed by atoms with Crippen LogP contribution in [0.5, 0.6) is 0 Å². The number of benzene rings is 1. The van der Waals surface area contributed by atoms with E-state index in [-0.39, 0.29) is 4.90 Å². The number of halogens is 1. The Morgan fingerprint density at radius 1 is 1.00 bits per heavy atom. The quantitative estimate of drug-likeness (QED) is 0.462. The lowest BCUT2D eigenvalue weighted by atomic mass is 10.0. The van der Waals surface area contributed by atoms with Gasteiger partial charge in [-0.1, -0.05) is 57.6 Å². The van der Waals surface area contributed by atoms with Crippen molar-refractivity contribution in [3.63, 3.8) is 0 Å². The molecular formula is C16H25ClO2S. The highest BCUT2D eigenvalue weighted by atomic mass is 35.7. The molecule has 0 amide bonds. The second-order valence-corrected chi connectivity index (χ2v) is 7.88. The molecule has 1 aromatic carbocycles. The lowest BCUT2D eigenvalue weighted by Gasteiger charge is -2.09. The minimum atomic E-state index is -3.63. The van der Waals surface area contributed by atoms with Crippen LogP contribution in [0.1, 0.15) is 63.0 Å². The summed E-state index contributed by atoms with van der Waals surface area (Å²) < 4.78 is 22.9. The van der Waals surface area contributed by atoms with Crippen LogP contribution in [-0.2, 0) is 15.5 Å². The summed E-state index contributed by atoms with van der Waals surface area (Å²) in [5.41, 5.74) is 1.90. The van der Waals surface area contributed by atoms with E-state index < -0.39 is 9.05 Å². The molecule has 0 aliphatic carbocycles. The third-order valence-corrected chi connectivity index (χ3v) is 5.17. The van der Waals surface area contributed by atoms with Gasteiger partial charge >= 0.3 is 0 Å². The van der Waals surface area contributed by atoms with Crippen LogP contribution in [0.4, 0.5) is 0 Å². The van der Waals surface area contributed by atoms with Gasteiger partial charge < -0.3 is 0 Å². The third kappa shape index (κ3) is 5.84. The van der Waals surface area contributed by atoms with Gasteiger partial charge in [-0.2, -0.15) is 0 Å². The fraction of sp³-hybridized carbons (Fsp3) is 0.625. The van der Waals surface area contributed by atoms with Gasteiger partial charge in [-0.05, 0) is 37.0 Å². The summed E-state index contributed by atoms with van der Waals surface area (Å²) in [4.78, 5) is 0.250. The Hall–Kier alpha value is -0.540. The zero-order valence-electron chi connectivity index (χ0n) is 12.5. The Balaban J connectivity index is 2.45. The van der Waals surface area contributed by atoms with Crippen LogP contribution in [-0.4, -0.2) is 8.42 Å². The second kappa shape index (κ2) is 8.68. The minimum absolute atomic E-state index is 0.250. The number of unbranched alkanes of at least 4 members (excludes halogenated alkanes) is 6. The average Bonchev–Trinajstić information content (AvgIpc) is 2.38. The molecule has 0 bridgehead atoms. The Bertz CT molecular complexity index is 509. The van der Waals surface area contributed by atoms with Gasteiger partial charge in [0.05, 0.1) is 4.90 Å². The highest BCUT2D eigenvalue weighted by Gasteiger charge is 2.14. The normalized spacial score (nSPS) is 11.8. The van der Waals surface area contributed by atoms with Crippen LogP contribution in [0, 0.1) is 6.92 Å². The third-order valence-electron chi connectivity index (χ3n) is 3.71. The zero-order chi connectivity index (χ0) is 15.0. The summed E-state index contributed by atoms with van der Waals surface area (Å²) in [7, 11) is 1.81. The Morgan fingerprint density at radius 3 is 2.20 bits per heavy atom. The Labute approximate surface area is 128 Å². The van der Waals surface area contributed by atoms with Gasteiger partial charge in [0.1, 0.15) is 0 Å². The molecule has 0 saturated heterocycles. The number of rotatable bonds is 9. The predicted molar refractivity (Wildman–Crippen MR) is 85.9 cm³/mol. The second-order valence-electron chi connectivity index (χ2n) is 5.35. The molecule has 0 heterocycles. The van der Waals surface area contributed by atoms with Gasteiger partial charge in [0.2, 0.25) is 0 Å². The maximum absolute atomic E-state index is 11.4. The van der Waals surface area contributed by atoms with E-state index in [9.17, 15) is 8.42 Å². The molecule has 0 atom stereocenters. The van der Waals surface area contributed by atoms with Crippen molar-refractivity contribution in [3.05, 3.63) is 29.3 Å². The minimum Gasteiger partial charge on any atom is -0.207 e. The molecule has 0 radical (unpaired) electrons. The molecule has 0 unspecified atom stereocenters. The van der Waals surface area contributed by atoms with Gasteiger partial charge in [0, 0.05) is 10.7 Å². The summed E-state index contributed by atoms with van der Waals surface area (Å²) in [5.74, 6) is 0. The van der Waals surface area contributed by atoms with E-state index in [1.807, 2.05) is 13.0 Å². The summed E-state index contributed by atoms with van der Waals surface area (Å²) in [6.07, 6.45) is 9.76. The van der Waals surface area contributed by atoms with E-state index in [1.165, 1.54) is 38.5 Å². The van der Waals surface area contributed by atoms with E-state index in [0.717, 1.165) is 24.0 Å². The first-order valence-electron chi connectivity index (χ1n) is 7.50. The van der Waals surface area contributed by atoms with E-state index in [2.05, 4.69) is 6.92 Å². The zero-order valence-corrected chi connectivity index (χ0v) is 14.1. The van der Waals surface area contributed by atoms with E-state index in [4.69, 9.17) is 10.7 Å². The van der Waals surface area contributed by atoms with Crippen molar-refractivity contribution in [3.8, 4) is 0 Å². The molecule has 0 aliphatic rings. The first-order valence-corrected chi connectivity index (χ1v) is 9.81. The van der Waals surface area contributed by atoms with E-state index in [1.54, 1.807) is 12.1 Å². The van der Waals surface area contributed by atoms with Gasteiger partial charge in [0.25, 0.3) is 9.05 Å². The van der Waals surface area contributed by atoms with Crippen LogP contribution >= 0.6 is 10.7 Å². The first kappa shape index (κ1) is 17.5.